The van der Waals surface area contributed by atoms with E-state index < -0.39 is 11.6 Å². The smallest absolute Gasteiger partial charge is 0.159 e. The number of rotatable bonds is 2. The summed E-state index contributed by atoms with van der Waals surface area (Å²) in [4.78, 5) is 14.7. The van der Waals surface area contributed by atoms with Crippen molar-refractivity contribution in [2.24, 2.45) is 0 Å². The van der Waals surface area contributed by atoms with Gasteiger partial charge in [-0.3, -0.25) is 0 Å². The van der Waals surface area contributed by atoms with E-state index in [1.807, 2.05) is 13.0 Å². The quantitative estimate of drug-likeness (QED) is 0.767. The summed E-state index contributed by atoms with van der Waals surface area (Å²) in [6, 6.07) is 5.76. The molecule has 0 unspecified atom stereocenters. The van der Waals surface area contributed by atoms with Gasteiger partial charge in [-0.05, 0) is 50.5 Å². The highest BCUT2D eigenvalue weighted by Crippen LogP contribution is 2.30. The maximum absolute atomic E-state index is 13.5. The highest BCUT2D eigenvalue weighted by molar-refractivity contribution is 5.90. The summed E-state index contributed by atoms with van der Waals surface area (Å²) in [7, 11) is 0. The molecule has 1 aliphatic rings. The number of aryl methyl sites for hydroxylation is 1. The predicted molar refractivity (Wildman–Crippen MR) is 90.0 cm³/mol. The Morgan fingerprint density at radius 3 is 2.54 bits per heavy atom. The molecule has 1 fully saturated rings. The summed E-state index contributed by atoms with van der Waals surface area (Å²) >= 11 is 0. The molecule has 2 aromatic heterocycles. The van der Waals surface area contributed by atoms with Gasteiger partial charge < -0.3 is 9.88 Å². The van der Waals surface area contributed by atoms with Gasteiger partial charge in [0.05, 0.1) is 5.52 Å². The molecule has 0 saturated carbocycles. The zero-order valence-corrected chi connectivity index (χ0v) is 13.4. The van der Waals surface area contributed by atoms with Crippen LogP contribution in [0.2, 0.25) is 0 Å². The fourth-order valence-electron chi connectivity index (χ4n) is 3.26. The molecule has 1 saturated heterocycles. The van der Waals surface area contributed by atoms with Gasteiger partial charge in [0.15, 0.2) is 17.5 Å². The number of aromatic nitrogens is 3. The molecule has 24 heavy (non-hydrogen) atoms. The van der Waals surface area contributed by atoms with Crippen LogP contribution in [0.4, 0.5) is 14.6 Å². The molecule has 1 N–H and O–H groups in total. The summed E-state index contributed by atoms with van der Waals surface area (Å²) in [5.74, 6) is -0.103. The molecule has 0 spiro atoms. The van der Waals surface area contributed by atoms with Crippen LogP contribution >= 0.6 is 0 Å². The predicted octanol–water partition coefficient (Wildman–Crippen LogP) is 4.20. The van der Waals surface area contributed by atoms with Crippen molar-refractivity contribution in [2.45, 2.75) is 26.2 Å². The lowest BCUT2D eigenvalue weighted by atomic mass is 10.1. The van der Waals surface area contributed by atoms with E-state index >= 15 is 0 Å². The van der Waals surface area contributed by atoms with Crippen LogP contribution in [0.3, 0.4) is 0 Å². The molecule has 0 radical (unpaired) electrons. The summed E-state index contributed by atoms with van der Waals surface area (Å²) in [5, 5.41) is 0. The third-order valence-corrected chi connectivity index (χ3v) is 4.46. The van der Waals surface area contributed by atoms with E-state index in [0.717, 1.165) is 48.8 Å². The van der Waals surface area contributed by atoms with E-state index in [0.29, 0.717) is 17.1 Å². The van der Waals surface area contributed by atoms with Crippen molar-refractivity contribution >= 4 is 16.9 Å². The number of benzene rings is 1. The zero-order chi connectivity index (χ0) is 16.7. The van der Waals surface area contributed by atoms with Crippen LogP contribution in [0.15, 0.2) is 24.3 Å². The SMILES string of the molecule is Cc1nc(N2CCCCC2)c2[nH]c(-c3ccc(F)c(F)c3)cc2n1. The molecule has 1 aromatic carbocycles. The molecule has 6 heteroatoms. The number of fused-ring (bicyclic) bond motifs is 1. The number of nitrogens with one attached hydrogen (secondary N) is 1. The van der Waals surface area contributed by atoms with E-state index in [9.17, 15) is 8.78 Å². The molecule has 0 atom stereocenters. The van der Waals surface area contributed by atoms with Crippen molar-refractivity contribution in [3.63, 3.8) is 0 Å². The largest absolute Gasteiger partial charge is 0.355 e. The first-order valence-electron chi connectivity index (χ1n) is 8.19. The number of anilines is 1. The second kappa shape index (κ2) is 5.85. The summed E-state index contributed by atoms with van der Waals surface area (Å²) in [5.41, 5.74) is 2.95. The Balaban J connectivity index is 1.83. The normalized spacial score (nSPS) is 15.2. The minimum atomic E-state index is -0.857. The number of aromatic amines is 1. The van der Waals surface area contributed by atoms with Crippen molar-refractivity contribution < 1.29 is 8.78 Å². The molecule has 0 aliphatic carbocycles. The second-order valence-electron chi connectivity index (χ2n) is 6.21. The molecular weight excluding hydrogens is 310 g/mol. The lowest BCUT2D eigenvalue weighted by molar-refractivity contribution is 0.509. The molecule has 0 bridgehead atoms. The van der Waals surface area contributed by atoms with Crippen LogP contribution in [-0.4, -0.2) is 28.0 Å². The molecule has 4 rings (SSSR count). The van der Waals surface area contributed by atoms with Crippen LogP contribution < -0.4 is 4.90 Å². The molecule has 124 valence electrons. The first-order valence-corrected chi connectivity index (χ1v) is 8.19. The molecule has 4 nitrogen and oxygen atoms in total. The number of hydrogen-bond donors (Lipinski definition) is 1. The number of hydrogen-bond acceptors (Lipinski definition) is 3. The fourth-order valence-corrected chi connectivity index (χ4v) is 3.26. The highest BCUT2D eigenvalue weighted by atomic mass is 19.2. The Hall–Kier alpha value is -2.50. The Kier molecular flexibility index (Phi) is 3.67. The van der Waals surface area contributed by atoms with Gasteiger partial charge in [-0.2, -0.15) is 0 Å². The molecular formula is C18H18F2N4. The average Bonchev–Trinajstić information content (AvgIpc) is 3.01. The minimum absolute atomic E-state index is 0.592. The van der Waals surface area contributed by atoms with Crippen LogP contribution in [0.1, 0.15) is 25.1 Å². The van der Waals surface area contributed by atoms with Crippen molar-refractivity contribution in [3.8, 4) is 11.3 Å². The van der Waals surface area contributed by atoms with Gasteiger partial charge in [0.25, 0.3) is 0 Å². The highest BCUT2D eigenvalue weighted by Gasteiger charge is 2.18. The summed E-state index contributed by atoms with van der Waals surface area (Å²) in [6.07, 6.45) is 3.55. The number of nitrogens with zero attached hydrogens (tertiary/aromatic N) is 3. The van der Waals surface area contributed by atoms with E-state index in [1.165, 1.54) is 12.5 Å². The van der Waals surface area contributed by atoms with Gasteiger partial charge >= 0.3 is 0 Å². The van der Waals surface area contributed by atoms with E-state index in [2.05, 4.69) is 19.9 Å². The molecule has 3 heterocycles. The lowest BCUT2D eigenvalue weighted by Gasteiger charge is -2.28. The van der Waals surface area contributed by atoms with Gasteiger partial charge in [-0.1, -0.05) is 0 Å². The Labute approximate surface area is 138 Å². The fraction of sp³-hybridized carbons (Fsp3) is 0.333. The second-order valence-corrected chi connectivity index (χ2v) is 6.21. The maximum atomic E-state index is 13.5. The first-order chi connectivity index (χ1) is 11.6. The molecule has 0 amide bonds. The maximum Gasteiger partial charge on any atom is 0.159 e. The van der Waals surface area contributed by atoms with Gasteiger partial charge in [0.2, 0.25) is 0 Å². The van der Waals surface area contributed by atoms with E-state index in [4.69, 9.17) is 0 Å². The van der Waals surface area contributed by atoms with E-state index in [-0.39, 0.29) is 0 Å². The van der Waals surface area contributed by atoms with Gasteiger partial charge in [0, 0.05) is 24.3 Å². The van der Waals surface area contributed by atoms with Crippen LogP contribution in [0, 0.1) is 18.6 Å². The van der Waals surface area contributed by atoms with Gasteiger partial charge in [-0.15, -0.1) is 0 Å². The van der Waals surface area contributed by atoms with Crippen LogP contribution in [0.5, 0.6) is 0 Å². The first kappa shape index (κ1) is 15.1. The van der Waals surface area contributed by atoms with Crippen molar-refractivity contribution in [3.05, 3.63) is 41.7 Å². The van der Waals surface area contributed by atoms with E-state index in [1.54, 1.807) is 6.07 Å². The van der Waals surface area contributed by atoms with Crippen LogP contribution in [0.25, 0.3) is 22.3 Å². The third-order valence-electron chi connectivity index (χ3n) is 4.46. The van der Waals surface area contributed by atoms with Crippen LogP contribution in [-0.2, 0) is 0 Å². The zero-order valence-electron chi connectivity index (χ0n) is 13.4. The minimum Gasteiger partial charge on any atom is -0.355 e. The van der Waals surface area contributed by atoms with Crippen molar-refractivity contribution in [1.82, 2.24) is 15.0 Å². The standard InChI is InChI=1S/C18H18F2N4/c1-11-21-16-10-15(12-5-6-13(19)14(20)9-12)23-17(16)18(22-11)24-7-3-2-4-8-24/h5-6,9-10,23H,2-4,7-8H2,1H3. The molecule has 1 aliphatic heterocycles. The lowest BCUT2D eigenvalue weighted by Crippen LogP contribution is -2.30. The Morgan fingerprint density at radius 2 is 1.79 bits per heavy atom. The number of piperidine rings is 1. The number of halogens is 2. The molecule has 3 aromatic rings. The summed E-state index contributed by atoms with van der Waals surface area (Å²) < 4.78 is 26.7. The average molecular weight is 328 g/mol. The third kappa shape index (κ3) is 2.62. The number of H-pyrrole nitrogens is 1. The topological polar surface area (TPSA) is 44.8 Å². The summed E-state index contributed by atoms with van der Waals surface area (Å²) in [6.45, 7) is 3.83. The Morgan fingerprint density at radius 1 is 1.00 bits per heavy atom. The van der Waals surface area contributed by atoms with Crippen molar-refractivity contribution in [2.75, 3.05) is 18.0 Å². The van der Waals surface area contributed by atoms with Crippen molar-refractivity contribution in [1.29, 1.82) is 0 Å². The van der Waals surface area contributed by atoms with Gasteiger partial charge in [0.1, 0.15) is 11.3 Å². The monoisotopic (exact) mass is 328 g/mol. The van der Waals surface area contributed by atoms with Gasteiger partial charge in [-0.25, -0.2) is 18.7 Å². The Bertz CT molecular complexity index is 897.